The molecule has 12 nitrogen and oxygen atoms in total. The summed E-state index contributed by atoms with van der Waals surface area (Å²) in [4.78, 5) is 3.95. The Labute approximate surface area is 314 Å². The molecule has 0 radical (unpaired) electrons. The molecule has 1 aliphatic rings. The molecule has 3 heterocycles. The van der Waals surface area contributed by atoms with Gasteiger partial charge >= 0.3 is 7.82 Å². The molecule has 290 valence electrons. The minimum atomic E-state index is -4.25. The second kappa shape index (κ2) is 20.2. The number of hydrogen-bond donors (Lipinski definition) is 3. The highest BCUT2D eigenvalue weighted by molar-refractivity contribution is 7.48. The molecule has 0 amide bonds. The number of ether oxygens (including phenoxy) is 1. The SMILES string of the molecule is CCCCC/C=C\C/C=C\CCCCCCCCOP(=O)(OC[C@H]1O[C@@](C#N)(c2ccc3c(N)ncnn23)[C@H](O)[C@@H]1O)Oc1ccc(C(C)(C)C)cc1. The van der Waals surface area contributed by atoms with E-state index in [0.29, 0.717) is 11.9 Å². The topological polar surface area (TPSA) is 174 Å². The average Bonchev–Trinajstić information content (AvgIpc) is 3.68. The van der Waals surface area contributed by atoms with Crippen molar-refractivity contribution in [1.29, 1.82) is 5.26 Å². The summed E-state index contributed by atoms with van der Waals surface area (Å²) in [6.07, 6.45) is 18.8. The van der Waals surface area contributed by atoms with E-state index in [-0.39, 0.29) is 29.3 Å². The van der Waals surface area contributed by atoms with Crippen LogP contribution in [0.3, 0.4) is 0 Å². The Morgan fingerprint density at radius 2 is 1.62 bits per heavy atom. The predicted molar refractivity (Wildman–Crippen MR) is 206 cm³/mol. The zero-order valence-electron chi connectivity index (χ0n) is 31.7. The molecule has 4 rings (SSSR count). The number of rotatable bonds is 22. The fourth-order valence-corrected chi connectivity index (χ4v) is 7.46. The van der Waals surface area contributed by atoms with Crippen molar-refractivity contribution in [2.75, 3.05) is 18.9 Å². The Kier molecular flexibility index (Phi) is 16.1. The van der Waals surface area contributed by atoms with Gasteiger partial charge in [0.25, 0.3) is 0 Å². The van der Waals surface area contributed by atoms with Gasteiger partial charge in [-0.25, -0.2) is 14.1 Å². The highest BCUT2D eigenvalue weighted by Gasteiger charge is 2.58. The number of nitriles is 1. The van der Waals surface area contributed by atoms with E-state index in [9.17, 15) is 20.0 Å². The molecule has 1 aliphatic heterocycles. The van der Waals surface area contributed by atoms with E-state index in [2.05, 4.69) is 62.1 Å². The minimum absolute atomic E-state index is 0.0934. The van der Waals surface area contributed by atoms with E-state index in [0.717, 1.165) is 50.5 Å². The average molecular weight is 752 g/mol. The molecule has 2 aromatic heterocycles. The van der Waals surface area contributed by atoms with Gasteiger partial charge in [0.15, 0.2) is 5.82 Å². The van der Waals surface area contributed by atoms with E-state index in [1.807, 2.05) is 18.2 Å². The fourth-order valence-electron chi connectivity index (χ4n) is 6.22. The van der Waals surface area contributed by atoms with Crippen molar-refractivity contribution in [2.24, 2.45) is 0 Å². The first-order valence-electron chi connectivity index (χ1n) is 19.0. The summed E-state index contributed by atoms with van der Waals surface area (Å²) < 4.78 is 38.8. The lowest BCUT2D eigenvalue weighted by molar-refractivity contribution is -0.0640. The standard InChI is InChI=1S/C40H58N5O7P/c1-5-6-7-8-9-10-11-12-13-14-15-16-17-18-19-20-27-49-53(48,52-32-23-21-31(22-24-32)39(2,3)4)50-28-34-36(46)37(47)40(29-41,51-34)35-26-25-33-38(42)43-30-44-45(33)35/h9-10,12-13,21-26,30,34,36-37,46-47H,5-8,11,14-20,27-28H2,1-4H3,(H2,42,43,44)/b10-9-,13-12-/t34-,36-,37-,40+,53?/m1/s1. The third kappa shape index (κ3) is 11.7. The van der Waals surface area contributed by atoms with Crippen molar-refractivity contribution in [2.45, 2.75) is 134 Å². The third-order valence-electron chi connectivity index (χ3n) is 9.42. The van der Waals surface area contributed by atoms with E-state index < -0.39 is 38.3 Å². The van der Waals surface area contributed by atoms with Crippen LogP contribution in [0.2, 0.25) is 0 Å². The van der Waals surface area contributed by atoms with Crippen LogP contribution in [0.4, 0.5) is 5.82 Å². The first-order valence-corrected chi connectivity index (χ1v) is 20.4. The van der Waals surface area contributed by atoms with Gasteiger partial charge in [0.05, 0.1) is 18.9 Å². The van der Waals surface area contributed by atoms with E-state index in [4.69, 9.17) is 24.0 Å². The molecule has 1 aromatic carbocycles. The first-order chi connectivity index (χ1) is 25.4. The van der Waals surface area contributed by atoms with Crippen LogP contribution in [0, 0.1) is 11.3 Å². The fraction of sp³-hybridized carbons (Fsp3) is 0.575. The first kappa shape index (κ1) is 42.2. The Balaban J connectivity index is 1.30. The Morgan fingerprint density at radius 1 is 0.962 bits per heavy atom. The summed E-state index contributed by atoms with van der Waals surface area (Å²) in [5.41, 5.74) is 5.44. The number of hydrogen-bond acceptors (Lipinski definition) is 11. The monoisotopic (exact) mass is 751 g/mol. The molecule has 1 saturated heterocycles. The van der Waals surface area contributed by atoms with E-state index >= 15 is 0 Å². The van der Waals surface area contributed by atoms with Crippen molar-refractivity contribution in [3.05, 3.63) is 78.3 Å². The number of unbranched alkanes of at least 4 members (excludes halogenated alkanes) is 9. The smallest absolute Gasteiger partial charge is 0.404 e. The highest BCUT2D eigenvalue weighted by Crippen LogP contribution is 2.51. The van der Waals surface area contributed by atoms with Gasteiger partial charge in [-0.15, -0.1) is 0 Å². The summed E-state index contributed by atoms with van der Waals surface area (Å²) in [5.74, 6) is 0.451. The molecule has 0 spiro atoms. The molecule has 0 saturated carbocycles. The number of nitrogen functional groups attached to an aromatic ring is 1. The molecular weight excluding hydrogens is 693 g/mol. The lowest BCUT2D eigenvalue weighted by Crippen LogP contribution is -2.41. The number of nitrogens with two attached hydrogens (primary N) is 1. The van der Waals surface area contributed by atoms with Crippen molar-refractivity contribution in [3.8, 4) is 11.8 Å². The quantitative estimate of drug-likeness (QED) is 0.0510. The van der Waals surface area contributed by atoms with Crippen LogP contribution in [0.1, 0.15) is 116 Å². The van der Waals surface area contributed by atoms with Crippen LogP contribution in [0.5, 0.6) is 5.75 Å². The normalized spacial score (nSPS) is 21.8. The molecule has 4 N–H and O–H groups in total. The van der Waals surface area contributed by atoms with Crippen molar-refractivity contribution in [1.82, 2.24) is 14.6 Å². The molecule has 5 atom stereocenters. The lowest BCUT2D eigenvalue weighted by Gasteiger charge is -2.24. The Bertz CT molecular complexity index is 1710. The van der Waals surface area contributed by atoms with Crippen molar-refractivity contribution < 1.29 is 33.1 Å². The number of phosphoric acid groups is 1. The predicted octanol–water partition coefficient (Wildman–Crippen LogP) is 8.48. The van der Waals surface area contributed by atoms with Gasteiger partial charge < -0.3 is 25.2 Å². The van der Waals surface area contributed by atoms with E-state index in [1.54, 1.807) is 18.2 Å². The number of fused-ring (bicyclic) bond motifs is 1. The maximum Gasteiger partial charge on any atom is 0.530 e. The van der Waals surface area contributed by atoms with Gasteiger partial charge in [-0.2, -0.15) is 10.4 Å². The van der Waals surface area contributed by atoms with Gasteiger partial charge in [0.1, 0.15) is 42.0 Å². The number of phosphoric ester groups is 1. The van der Waals surface area contributed by atoms with Crippen LogP contribution >= 0.6 is 7.82 Å². The summed E-state index contributed by atoms with van der Waals surface area (Å²) >= 11 is 0. The van der Waals surface area contributed by atoms with Crippen LogP contribution in [-0.4, -0.2) is 56.3 Å². The number of aromatic nitrogens is 3. The van der Waals surface area contributed by atoms with Gasteiger partial charge in [-0.1, -0.05) is 103 Å². The second-order valence-electron chi connectivity index (χ2n) is 14.6. The Hall–Kier alpha value is -3.56. The van der Waals surface area contributed by atoms with Gasteiger partial charge in [-0.05, 0) is 73.8 Å². The molecule has 1 unspecified atom stereocenters. The van der Waals surface area contributed by atoms with Crippen LogP contribution in [0.15, 0.2) is 67.0 Å². The number of allylic oxidation sites excluding steroid dienone is 4. The zero-order valence-corrected chi connectivity index (χ0v) is 32.6. The maximum absolute atomic E-state index is 14.1. The highest BCUT2D eigenvalue weighted by atomic mass is 31.2. The van der Waals surface area contributed by atoms with Gasteiger partial charge in [-0.3, -0.25) is 9.05 Å². The molecule has 3 aromatic rings. The molecule has 0 bridgehead atoms. The van der Waals surface area contributed by atoms with Crippen LogP contribution in [-0.2, 0) is 29.4 Å². The van der Waals surface area contributed by atoms with Gasteiger partial charge in [0.2, 0.25) is 5.60 Å². The molecule has 0 aliphatic carbocycles. The van der Waals surface area contributed by atoms with E-state index in [1.165, 1.54) is 42.6 Å². The molecule has 53 heavy (non-hydrogen) atoms. The van der Waals surface area contributed by atoms with Crippen LogP contribution < -0.4 is 10.3 Å². The summed E-state index contributed by atoms with van der Waals surface area (Å²) in [7, 11) is -4.25. The summed E-state index contributed by atoms with van der Waals surface area (Å²) in [5, 5.41) is 36.6. The van der Waals surface area contributed by atoms with Crippen molar-refractivity contribution in [3.63, 3.8) is 0 Å². The Morgan fingerprint density at radius 3 is 2.28 bits per heavy atom. The summed E-state index contributed by atoms with van der Waals surface area (Å²) in [6, 6.07) is 12.3. The molecule has 1 fully saturated rings. The largest absolute Gasteiger partial charge is 0.530 e. The number of aliphatic hydroxyl groups excluding tert-OH is 2. The molecular formula is C40H58N5O7P. The van der Waals surface area contributed by atoms with Crippen LogP contribution in [0.25, 0.3) is 5.52 Å². The number of benzene rings is 1. The third-order valence-corrected chi connectivity index (χ3v) is 10.8. The number of aliphatic hydroxyl groups is 2. The summed E-state index contributed by atoms with van der Waals surface area (Å²) in [6.45, 7) is 8.13. The lowest BCUT2D eigenvalue weighted by atomic mass is 9.87. The van der Waals surface area contributed by atoms with Gasteiger partial charge in [0, 0.05) is 0 Å². The zero-order chi connectivity index (χ0) is 38.3. The second-order valence-corrected chi connectivity index (χ2v) is 16.2. The minimum Gasteiger partial charge on any atom is -0.404 e. The van der Waals surface area contributed by atoms with Crippen molar-refractivity contribution >= 4 is 19.2 Å². The molecule has 13 heteroatoms. The maximum atomic E-state index is 14.1. The number of anilines is 1. The number of nitrogens with zero attached hydrogens (tertiary/aromatic N) is 4.